The predicted molar refractivity (Wildman–Crippen MR) is 80.9 cm³/mol. The first-order valence-electron chi connectivity index (χ1n) is 7.29. The second kappa shape index (κ2) is 7.26. The van der Waals surface area contributed by atoms with Crippen molar-refractivity contribution < 1.29 is 15.0 Å². The lowest BCUT2D eigenvalue weighted by molar-refractivity contribution is 0.0503. The molecule has 4 heteroatoms. The van der Waals surface area contributed by atoms with E-state index in [1.165, 1.54) is 0 Å². The van der Waals surface area contributed by atoms with Crippen molar-refractivity contribution in [2.75, 3.05) is 19.8 Å². The van der Waals surface area contributed by atoms with Crippen molar-refractivity contribution in [3.05, 3.63) is 34.9 Å². The summed E-state index contributed by atoms with van der Waals surface area (Å²) in [5, 5.41) is 18.2. The third-order valence-electron chi connectivity index (χ3n) is 3.73. The van der Waals surface area contributed by atoms with Crippen molar-refractivity contribution in [1.82, 2.24) is 4.90 Å². The van der Waals surface area contributed by atoms with Crippen molar-refractivity contribution in [2.45, 2.75) is 32.2 Å². The first-order chi connectivity index (χ1) is 10.2. The zero-order chi connectivity index (χ0) is 15.2. The van der Waals surface area contributed by atoms with Gasteiger partial charge in [0.2, 0.25) is 0 Å². The Morgan fingerprint density at radius 2 is 2.14 bits per heavy atom. The van der Waals surface area contributed by atoms with Crippen molar-refractivity contribution in [2.24, 2.45) is 0 Å². The summed E-state index contributed by atoms with van der Waals surface area (Å²) in [5.41, 5.74) is 2.28. The summed E-state index contributed by atoms with van der Waals surface area (Å²) in [5.74, 6) is 5.39. The second-order valence-electron chi connectivity index (χ2n) is 5.38. The Hall–Kier alpha value is -1.83. The molecule has 2 rings (SSSR count). The molecule has 112 valence electrons. The quantitative estimate of drug-likeness (QED) is 0.807. The molecule has 2 N–H and O–H groups in total. The van der Waals surface area contributed by atoms with Crippen LogP contribution < -0.4 is 0 Å². The molecule has 21 heavy (non-hydrogen) atoms. The van der Waals surface area contributed by atoms with Gasteiger partial charge in [-0.25, -0.2) is 0 Å². The van der Waals surface area contributed by atoms with Crippen LogP contribution in [0.4, 0.5) is 0 Å². The molecule has 0 saturated carbocycles. The molecule has 1 heterocycles. The van der Waals surface area contributed by atoms with Gasteiger partial charge in [-0.2, -0.15) is 0 Å². The Balaban J connectivity index is 2.27. The van der Waals surface area contributed by atoms with Crippen LogP contribution in [0.5, 0.6) is 0 Å². The maximum Gasteiger partial charge on any atom is 0.254 e. The lowest BCUT2D eigenvalue weighted by Crippen LogP contribution is -2.45. The number of rotatable bonds is 2. The van der Waals surface area contributed by atoms with Crippen LogP contribution >= 0.6 is 0 Å². The lowest BCUT2D eigenvalue weighted by atomic mass is 10.00. The van der Waals surface area contributed by atoms with Gasteiger partial charge in [0, 0.05) is 17.7 Å². The summed E-state index contributed by atoms with van der Waals surface area (Å²) in [7, 11) is 0. The van der Waals surface area contributed by atoms with Gasteiger partial charge in [-0.3, -0.25) is 4.79 Å². The number of nitrogens with zero attached hydrogens (tertiary/aromatic N) is 1. The van der Waals surface area contributed by atoms with Crippen LogP contribution in [0.1, 0.15) is 40.7 Å². The van der Waals surface area contributed by atoms with Crippen molar-refractivity contribution in [1.29, 1.82) is 0 Å². The Labute approximate surface area is 125 Å². The molecule has 0 bridgehead atoms. The first kappa shape index (κ1) is 15.6. The van der Waals surface area contributed by atoms with Crippen molar-refractivity contribution in [3.8, 4) is 11.8 Å². The number of carbonyl (C=O) groups is 1. The molecular formula is C17H21NO3. The van der Waals surface area contributed by atoms with Crippen LogP contribution in [0.15, 0.2) is 18.2 Å². The largest absolute Gasteiger partial charge is 0.394 e. The molecule has 0 radical (unpaired) electrons. The third-order valence-corrected chi connectivity index (χ3v) is 3.73. The Morgan fingerprint density at radius 3 is 2.86 bits per heavy atom. The van der Waals surface area contributed by atoms with E-state index >= 15 is 0 Å². The number of hydrogen-bond donors (Lipinski definition) is 2. The summed E-state index contributed by atoms with van der Waals surface area (Å²) in [6.45, 7) is 2.42. The highest BCUT2D eigenvalue weighted by molar-refractivity contribution is 5.95. The maximum absolute atomic E-state index is 12.7. The van der Waals surface area contributed by atoms with Gasteiger partial charge < -0.3 is 15.1 Å². The van der Waals surface area contributed by atoms with Gasteiger partial charge in [-0.05, 0) is 49.9 Å². The summed E-state index contributed by atoms with van der Waals surface area (Å²) < 4.78 is 0. The number of aliphatic hydroxyl groups excluding tert-OH is 2. The highest BCUT2D eigenvalue weighted by Gasteiger charge is 2.27. The van der Waals surface area contributed by atoms with Gasteiger partial charge in [0.25, 0.3) is 5.91 Å². The Kier molecular flexibility index (Phi) is 5.38. The number of aliphatic hydroxyl groups is 2. The maximum atomic E-state index is 12.7. The van der Waals surface area contributed by atoms with E-state index in [-0.39, 0.29) is 25.2 Å². The van der Waals surface area contributed by atoms with Gasteiger partial charge in [-0.1, -0.05) is 11.8 Å². The topological polar surface area (TPSA) is 60.8 Å². The summed E-state index contributed by atoms with van der Waals surface area (Å²) in [6.07, 6.45) is 2.88. The Bertz CT molecular complexity index is 571. The number of likely N-dealkylation sites (tertiary alicyclic amines) is 1. The number of aryl methyl sites for hydroxylation is 1. The van der Waals surface area contributed by atoms with E-state index in [0.717, 1.165) is 30.4 Å². The van der Waals surface area contributed by atoms with Crippen molar-refractivity contribution in [3.63, 3.8) is 0 Å². The van der Waals surface area contributed by atoms with Crippen LogP contribution in [-0.2, 0) is 0 Å². The van der Waals surface area contributed by atoms with E-state index in [0.29, 0.717) is 12.1 Å². The highest BCUT2D eigenvalue weighted by Crippen LogP contribution is 2.20. The fraction of sp³-hybridized carbons (Fsp3) is 0.471. The molecule has 0 aromatic heterocycles. The van der Waals surface area contributed by atoms with E-state index in [1.807, 2.05) is 19.1 Å². The number of benzene rings is 1. The SMILES string of the molecule is Cc1cc(C#CCO)cc(C(=O)N2CCCCC2CO)c1. The first-order valence-corrected chi connectivity index (χ1v) is 7.29. The number of hydrogen-bond acceptors (Lipinski definition) is 3. The van der Waals surface area contributed by atoms with Crippen LogP contribution in [-0.4, -0.2) is 46.8 Å². The number of carbonyl (C=O) groups excluding carboxylic acids is 1. The van der Waals surface area contributed by atoms with E-state index in [1.54, 1.807) is 11.0 Å². The lowest BCUT2D eigenvalue weighted by Gasteiger charge is -2.34. The molecular weight excluding hydrogens is 266 g/mol. The zero-order valence-electron chi connectivity index (χ0n) is 12.3. The Morgan fingerprint density at radius 1 is 1.33 bits per heavy atom. The van der Waals surface area contributed by atoms with Gasteiger partial charge in [0.05, 0.1) is 12.6 Å². The standard InChI is InChI=1S/C17H21NO3/c1-13-9-14(5-4-8-19)11-15(10-13)17(21)18-7-3-2-6-16(18)12-20/h9-11,16,19-20H,2-3,6-8,12H2,1H3. The zero-order valence-corrected chi connectivity index (χ0v) is 12.3. The molecule has 0 aliphatic carbocycles. The summed E-state index contributed by atoms with van der Waals surface area (Å²) in [4.78, 5) is 14.4. The number of piperidine rings is 1. The van der Waals surface area contributed by atoms with Gasteiger partial charge in [-0.15, -0.1) is 0 Å². The van der Waals surface area contributed by atoms with Crippen LogP contribution in [0.3, 0.4) is 0 Å². The van der Waals surface area contributed by atoms with E-state index in [2.05, 4.69) is 11.8 Å². The molecule has 1 unspecified atom stereocenters. The predicted octanol–water partition coefficient (Wildman–Crippen LogP) is 1.33. The molecule has 0 spiro atoms. The molecule has 4 nitrogen and oxygen atoms in total. The van der Waals surface area contributed by atoms with Gasteiger partial charge >= 0.3 is 0 Å². The second-order valence-corrected chi connectivity index (χ2v) is 5.38. The van der Waals surface area contributed by atoms with Gasteiger partial charge in [0.15, 0.2) is 0 Å². The molecule has 1 amide bonds. The molecule has 1 fully saturated rings. The normalized spacial score (nSPS) is 18.0. The summed E-state index contributed by atoms with van der Waals surface area (Å²) >= 11 is 0. The smallest absolute Gasteiger partial charge is 0.254 e. The minimum Gasteiger partial charge on any atom is -0.394 e. The summed E-state index contributed by atoms with van der Waals surface area (Å²) in [6, 6.07) is 5.40. The molecule has 1 aromatic rings. The van der Waals surface area contributed by atoms with Crippen LogP contribution in [0.2, 0.25) is 0 Å². The fourth-order valence-corrected chi connectivity index (χ4v) is 2.74. The fourth-order valence-electron chi connectivity index (χ4n) is 2.74. The van der Waals surface area contributed by atoms with Crippen molar-refractivity contribution >= 4 is 5.91 Å². The van der Waals surface area contributed by atoms with Crippen LogP contribution in [0, 0.1) is 18.8 Å². The molecule has 1 atom stereocenters. The third kappa shape index (κ3) is 3.84. The highest BCUT2D eigenvalue weighted by atomic mass is 16.3. The molecule has 1 aliphatic heterocycles. The average molecular weight is 287 g/mol. The molecule has 1 saturated heterocycles. The monoisotopic (exact) mass is 287 g/mol. The van der Waals surface area contributed by atoms with E-state index in [4.69, 9.17) is 5.11 Å². The minimum atomic E-state index is -0.198. The molecule has 1 aliphatic rings. The van der Waals surface area contributed by atoms with Gasteiger partial charge in [0.1, 0.15) is 6.61 Å². The minimum absolute atomic E-state index is 0.00866. The average Bonchev–Trinajstić information content (AvgIpc) is 2.51. The molecule has 1 aromatic carbocycles. The van der Waals surface area contributed by atoms with E-state index in [9.17, 15) is 9.90 Å². The van der Waals surface area contributed by atoms with E-state index < -0.39 is 0 Å². The van der Waals surface area contributed by atoms with Crippen LogP contribution in [0.25, 0.3) is 0 Å². The number of amides is 1.